The van der Waals surface area contributed by atoms with E-state index < -0.39 is 0 Å². The summed E-state index contributed by atoms with van der Waals surface area (Å²) >= 11 is 3.49. The van der Waals surface area contributed by atoms with Gasteiger partial charge in [-0.2, -0.15) is 0 Å². The summed E-state index contributed by atoms with van der Waals surface area (Å²) in [4.78, 5) is 12.4. The van der Waals surface area contributed by atoms with E-state index in [-0.39, 0.29) is 0 Å². The molecule has 0 radical (unpaired) electrons. The minimum Gasteiger partial charge on any atom is -0.353 e. The van der Waals surface area contributed by atoms with Crippen LogP contribution in [0.5, 0.6) is 0 Å². The minimum atomic E-state index is 0.565. The van der Waals surface area contributed by atoms with Crippen molar-refractivity contribution in [3.05, 3.63) is 41.9 Å². The molecule has 0 amide bonds. The number of nitrogens with two attached hydrogens (primary N) is 1. The largest absolute Gasteiger partial charge is 0.353 e. The molecule has 0 atom stereocenters. The molecule has 3 N–H and O–H groups in total. The summed E-state index contributed by atoms with van der Waals surface area (Å²) < 4.78 is 0. The Morgan fingerprint density at radius 3 is 2.80 bits per heavy atom. The number of nitrogens with one attached hydrogen (secondary N) is 1. The first-order valence-electron chi connectivity index (χ1n) is 6.28. The van der Waals surface area contributed by atoms with Gasteiger partial charge in [0, 0.05) is 29.0 Å². The number of aromatic nitrogens is 2. The summed E-state index contributed by atoms with van der Waals surface area (Å²) in [6.07, 6.45) is 1.77. The van der Waals surface area contributed by atoms with Crippen LogP contribution in [0.2, 0.25) is 0 Å². The first kappa shape index (κ1) is 13.2. The zero-order valence-corrected chi connectivity index (χ0v) is 12.4. The van der Waals surface area contributed by atoms with Gasteiger partial charge in [0.2, 0.25) is 5.95 Å². The Kier molecular flexibility index (Phi) is 4.05. The second-order valence-electron chi connectivity index (χ2n) is 4.12. The van der Waals surface area contributed by atoms with Gasteiger partial charge in [0.1, 0.15) is 0 Å². The van der Waals surface area contributed by atoms with Crippen molar-refractivity contribution >= 4 is 28.6 Å². The standard InChI is InChI=1S/C14H14N4S2/c15-6-8-17-14-16-7-5-10(18-14)11-3-4-13(20-11)12-2-1-9-19-12/h1-5,7,9H,6,8,15H2,(H,16,17,18). The molecule has 6 heteroatoms. The Bertz CT molecular complexity index is 676. The summed E-state index contributed by atoms with van der Waals surface area (Å²) in [5, 5.41) is 5.19. The molecule has 3 aromatic rings. The van der Waals surface area contributed by atoms with Crippen LogP contribution in [0, 0.1) is 0 Å². The van der Waals surface area contributed by atoms with Crippen molar-refractivity contribution in [2.24, 2.45) is 5.73 Å². The van der Waals surface area contributed by atoms with Gasteiger partial charge in [-0.25, -0.2) is 9.97 Å². The van der Waals surface area contributed by atoms with Crippen LogP contribution in [0.1, 0.15) is 0 Å². The molecule has 0 spiro atoms. The van der Waals surface area contributed by atoms with Crippen molar-refractivity contribution < 1.29 is 0 Å². The average molecular weight is 302 g/mol. The summed E-state index contributed by atoms with van der Waals surface area (Å²) in [7, 11) is 0. The van der Waals surface area contributed by atoms with Crippen molar-refractivity contribution in [1.29, 1.82) is 0 Å². The lowest BCUT2D eigenvalue weighted by atomic mass is 10.3. The predicted octanol–water partition coefficient (Wildman–Crippen LogP) is 3.30. The van der Waals surface area contributed by atoms with Gasteiger partial charge in [0.15, 0.2) is 0 Å². The van der Waals surface area contributed by atoms with Crippen LogP contribution in [-0.2, 0) is 0 Å². The van der Waals surface area contributed by atoms with Gasteiger partial charge in [-0.15, -0.1) is 22.7 Å². The number of hydrogen-bond acceptors (Lipinski definition) is 6. The van der Waals surface area contributed by atoms with E-state index in [0.717, 1.165) is 10.6 Å². The SMILES string of the molecule is NCCNc1nccc(-c2ccc(-c3cccs3)s2)n1. The van der Waals surface area contributed by atoms with E-state index in [0.29, 0.717) is 19.0 Å². The molecule has 0 aliphatic heterocycles. The summed E-state index contributed by atoms with van der Waals surface area (Å²) in [5.41, 5.74) is 6.41. The lowest BCUT2D eigenvalue weighted by Gasteiger charge is -2.03. The highest BCUT2D eigenvalue weighted by Gasteiger charge is 2.07. The third-order valence-electron chi connectivity index (χ3n) is 2.71. The van der Waals surface area contributed by atoms with Gasteiger partial charge < -0.3 is 11.1 Å². The van der Waals surface area contributed by atoms with E-state index in [4.69, 9.17) is 5.73 Å². The van der Waals surface area contributed by atoms with E-state index in [9.17, 15) is 0 Å². The molecule has 0 saturated carbocycles. The number of rotatable bonds is 5. The minimum absolute atomic E-state index is 0.565. The molecule has 102 valence electrons. The Balaban J connectivity index is 1.86. The van der Waals surface area contributed by atoms with Crippen LogP contribution >= 0.6 is 22.7 Å². The van der Waals surface area contributed by atoms with E-state index in [1.165, 1.54) is 9.75 Å². The van der Waals surface area contributed by atoms with Crippen molar-refractivity contribution in [3.8, 4) is 20.3 Å². The van der Waals surface area contributed by atoms with Gasteiger partial charge in [-0.1, -0.05) is 6.07 Å². The highest BCUT2D eigenvalue weighted by molar-refractivity contribution is 7.23. The molecule has 0 aromatic carbocycles. The van der Waals surface area contributed by atoms with E-state index >= 15 is 0 Å². The summed E-state index contributed by atoms with van der Waals surface area (Å²) in [5.74, 6) is 0.624. The van der Waals surface area contributed by atoms with Crippen LogP contribution in [0.3, 0.4) is 0 Å². The first-order chi connectivity index (χ1) is 9.86. The third-order valence-corrected chi connectivity index (χ3v) is 4.88. The second kappa shape index (κ2) is 6.13. The number of thiophene rings is 2. The lowest BCUT2D eigenvalue weighted by Crippen LogP contribution is -2.14. The molecule has 0 bridgehead atoms. The van der Waals surface area contributed by atoms with Crippen molar-refractivity contribution in [3.63, 3.8) is 0 Å². The van der Waals surface area contributed by atoms with Gasteiger partial charge >= 0.3 is 0 Å². The molecule has 0 fully saturated rings. The fraction of sp³-hybridized carbons (Fsp3) is 0.143. The van der Waals surface area contributed by atoms with Gasteiger partial charge in [0.05, 0.1) is 10.6 Å². The van der Waals surface area contributed by atoms with E-state index in [1.54, 1.807) is 28.9 Å². The Labute approximate surface area is 125 Å². The topological polar surface area (TPSA) is 63.8 Å². The molecule has 0 aliphatic rings. The first-order valence-corrected chi connectivity index (χ1v) is 7.97. The fourth-order valence-electron chi connectivity index (χ4n) is 1.79. The molecule has 0 saturated heterocycles. The number of nitrogens with zero attached hydrogens (tertiary/aromatic N) is 2. The zero-order valence-electron chi connectivity index (χ0n) is 10.7. The van der Waals surface area contributed by atoms with Gasteiger partial charge in [0.25, 0.3) is 0 Å². The summed E-state index contributed by atoms with van der Waals surface area (Å²) in [6, 6.07) is 10.4. The second-order valence-corrected chi connectivity index (χ2v) is 6.15. The van der Waals surface area contributed by atoms with E-state index in [2.05, 4.69) is 44.9 Å². The van der Waals surface area contributed by atoms with Crippen LogP contribution in [0.25, 0.3) is 20.3 Å². The maximum absolute atomic E-state index is 5.47. The average Bonchev–Trinajstić information content (AvgIpc) is 3.15. The molecule has 0 unspecified atom stereocenters. The molecule has 4 nitrogen and oxygen atoms in total. The molecule has 20 heavy (non-hydrogen) atoms. The molecular weight excluding hydrogens is 288 g/mol. The Morgan fingerprint density at radius 1 is 1.10 bits per heavy atom. The monoisotopic (exact) mass is 302 g/mol. The molecule has 0 aliphatic carbocycles. The van der Waals surface area contributed by atoms with Crippen molar-refractivity contribution in [2.45, 2.75) is 0 Å². The third kappa shape index (κ3) is 2.87. The van der Waals surface area contributed by atoms with Crippen molar-refractivity contribution in [2.75, 3.05) is 18.4 Å². The normalized spacial score (nSPS) is 10.7. The molecule has 3 heterocycles. The smallest absolute Gasteiger partial charge is 0.223 e. The molecule has 3 rings (SSSR count). The number of anilines is 1. The predicted molar refractivity (Wildman–Crippen MR) is 86.2 cm³/mol. The molecular formula is C14H14N4S2. The fourth-order valence-corrected chi connectivity index (χ4v) is 3.60. The van der Waals surface area contributed by atoms with Crippen LogP contribution < -0.4 is 11.1 Å². The highest BCUT2D eigenvalue weighted by atomic mass is 32.1. The van der Waals surface area contributed by atoms with Crippen LogP contribution in [0.15, 0.2) is 41.9 Å². The Hall–Kier alpha value is -1.76. The zero-order chi connectivity index (χ0) is 13.8. The number of hydrogen-bond donors (Lipinski definition) is 2. The lowest BCUT2D eigenvalue weighted by molar-refractivity contribution is 0.991. The maximum atomic E-state index is 5.47. The van der Waals surface area contributed by atoms with Crippen LogP contribution in [0.4, 0.5) is 5.95 Å². The highest BCUT2D eigenvalue weighted by Crippen LogP contribution is 2.35. The van der Waals surface area contributed by atoms with Gasteiger partial charge in [-0.05, 0) is 29.6 Å². The van der Waals surface area contributed by atoms with Crippen LogP contribution in [-0.4, -0.2) is 23.1 Å². The van der Waals surface area contributed by atoms with Gasteiger partial charge in [-0.3, -0.25) is 0 Å². The van der Waals surface area contributed by atoms with E-state index in [1.807, 2.05) is 6.07 Å². The maximum Gasteiger partial charge on any atom is 0.223 e. The summed E-state index contributed by atoms with van der Waals surface area (Å²) in [6.45, 7) is 1.24. The quantitative estimate of drug-likeness (QED) is 0.759. The molecule has 3 aromatic heterocycles. The van der Waals surface area contributed by atoms with Crippen molar-refractivity contribution in [1.82, 2.24) is 9.97 Å². The Morgan fingerprint density at radius 2 is 2.00 bits per heavy atom.